The predicted octanol–water partition coefficient (Wildman–Crippen LogP) is 1.43. The second-order valence-corrected chi connectivity index (χ2v) is 5.15. The van der Waals surface area contributed by atoms with Crippen LogP contribution in [0.4, 0.5) is 0 Å². The Labute approximate surface area is 89.2 Å². The summed E-state index contributed by atoms with van der Waals surface area (Å²) in [5, 5.41) is 13.3. The Balaban J connectivity index is 2.41. The van der Waals surface area contributed by atoms with E-state index in [9.17, 15) is 5.11 Å². The van der Waals surface area contributed by atoms with Crippen LogP contribution in [-0.4, -0.2) is 28.3 Å². The van der Waals surface area contributed by atoms with E-state index >= 15 is 0 Å². The van der Waals surface area contributed by atoms with E-state index in [1.54, 1.807) is 16.8 Å². The van der Waals surface area contributed by atoms with E-state index in [2.05, 4.69) is 24.1 Å². The molecule has 1 rings (SSSR count). The first-order chi connectivity index (χ1) is 6.49. The van der Waals surface area contributed by atoms with Crippen LogP contribution >= 0.6 is 11.3 Å². The van der Waals surface area contributed by atoms with Gasteiger partial charge in [0.2, 0.25) is 0 Å². The third-order valence-electron chi connectivity index (χ3n) is 1.93. The molecule has 2 N–H and O–H groups in total. The molecule has 0 bridgehead atoms. The molecule has 80 valence electrons. The van der Waals surface area contributed by atoms with E-state index in [-0.39, 0.29) is 0 Å². The minimum atomic E-state index is -0.684. The molecular weight excluding hydrogens is 196 g/mol. The minimum absolute atomic E-state index is 0.405. The Hall–Kier alpha value is -0.450. The zero-order chi connectivity index (χ0) is 10.6. The number of nitrogens with one attached hydrogen (secondary N) is 1. The number of thiazole rings is 1. The predicted molar refractivity (Wildman–Crippen MR) is 59.6 cm³/mol. The minimum Gasteiger partial charge on any atom is -0.388 e. The highest BCUT2D eigenvalue weighted by Gasteiger charge is 2.21. The molecule has 1 heterocycles. The summed E-state index contributed by atoms with van der Waals surface area (Å²) in [7, 11) is 0. The number of hydrogen-bond acceptors (Lipinski definition) is 4. The summed E-state index contributed by atoms with van der Waals surface area (Å²) in [6, 6.07) is 0.405. The molecule has 0 amide bonds. The first kappa shape index (κ1) is 11.6. The van der Waals surface area contributed by atoms with Crippen LogP contribution in [0.1, 0.15) is 25.6 Å². The van der Waals surface area contributed by atoms with Crippen molar-refractivity contribution in [2.24, 2.45) is 0 Å². The zero-order valence-electron chi connectivity index (χ0n) is 8.95. The molecule has 0 aliphatic carbocycles. The fraction of sp³-hybridized carbons (Fsp3) is 0.700. The molecule has 3 nitrogen and oxygen atoms in total. The van der Waals surface area contributed by atoms with Crippen molar-refractivity contribution in [1.82, 2.24) is 10.3 Å². The standard InChI is InChI=1S/C10H18N2OS/c1-8(2)12-6-10(3,13)4-9-5-11-7-14-9/h5,7-8,12-13H,4,6H2,1-3H3. The topological polar surface area (TPSA) is 45.1 Å². The summed E-state index contributed by atoms with van der Waals surface area (Å²) in [5.74, 6) is 0. The van der Waals surface area contributed by atoms with Crippen LogP contribution in [0.5, 0.6) is 0 Å². The van der Waals surface area contributed by atoms with Gasteiger partial charge in [-0.2, -0.15) is 0 Å². The molecule has 0 aliphatic heterocycles. The summed E-state index contributed by atoms with van der Waals surface area (Å²) in [5.41, 5.74) is 1.11. The van der Waals surface area contributed by atoms with Gasteiger partial charge in [-0.1, -0.05) is 13.8 Å². The molecule has 0 saturated carbocycles. The molecular formula is C10H18N2OS. The fourth-order valence-corrected chi connectivity index (χ4v) is 1.96. The van der Waals surface area contributed by atoms with Crippen LogP contribution in [0, 0.1) is 0 Å². The van der Waals surface area contributed by atoms with Crippen molar-refractivity contribution in [3.63, 3.8) is 0 Å². The largest absolute Gasteiger partial charge is 0.388 e. The van der Waals surface area contributed by atoms with Crippen molar-refractivity contribution >= 4 is 11.3 Å². The number of nitrogens with zero attached hydrogens (tertiary/aromatic N) is 1. The quantitative estimate of drug-likeness (QED) is 0.779. The molecule has 0 spiro atoms. The Kier molecular flexibility index (Phi) is 4.04. The lowest BCUT2D eigenvalue weighted by molar-refractivity contribution is 0.0589. The first-order valence-electron chi connectivity index (χ1n) is 4.83. The maximum Gasteiger partial charge on any atom is 0.0794 e. The van der Waals surface area contributed by atoms with Gasteiger partial charge in [0, 0.05) is 30.1 Å². The molecule has 1 aromatic heterocycles. The molecule has 0 fully saturated rings. The second kappa shape index (κ2) is 4.87. The Morgan fingerprint density at radius 3 is 2.86 bits per heavy atom. The second-order valence-electron chi connectivity index (χ2n) is 4.18. The Morgan fingerprint density at radius 2 is 2.36 bits per heavy atom. The lowest BCUT2D eigenvalue weighted by Gasteiger charge is -2.24. The molecule has 0 aromatic carbocycles. The molecule has 0 saturated heterocycles. The van der Waals surface area contributed by atoms with E-state index < -0.39 is 5.60 Å². The highest BCUT2D eigenvalue weighted by Crippen LogP contribution is 2.15. The van der Waals surface area contributed by atoms with Gasteiger partial charge in [0.1, 0.15) is 0 Å². The van der Waals surface area contributed by atoms with Crippen molar-refractivity contribution in [1.29, 1.82) is 0 Å². The first-order valence-corrected chi connectivity index (χ1v) is 5.71. The van der Waals surface area contributed by atoms with Gasteiger partial charge in [0.15, 0.2) is 0 Å². The van der Waals surface area contributed by atoms with Crippen molar-refractivity contribution in [2.45, 2.75) is 38.8 Å². The van der Waals surface area contributed by atoms with Gasteiger partial charge in [-0.15, -0.1) is 11.3 Å². The lowest BCUT2D eigenvalue weighted by Crippen LogP contribution is -2.42. The van der Waals surface area contributed by atoms with E-state index in [0.717, 1.165) is 4.88 Å². The Morgan fingerprint density at radius 1 is 1.64 bits per heavy atom. The number of rotatable bonds is 5. The average Bonchev–Trinajstić information content (AvgIpc) is 2.53. The summed E-state index contributed by atoms with van der Waals surface area (Å²) < 4.78 is 0. The van der Waals surface area contributed by atoms with Crippen LogP contribution in [0.15, 0.2) is 11.7 Å². The maximum absolute atomic E-state index is 10.1. The number of hydrogen-bond donors (Lipinski definition) is 2. The van der Waals surface area contributed by atoms with E-state index in [4.69, 9.17) is 0 Å². The van der Waals surface area contributed by atoms with Gasteiger partial charge in [0.25, 0.3) is 0 Å². The zero-order valence-corrected chi connectivity index (χ0v) is 9.77. The van der Waals surface area contributed by atoms with Crippen LogP contribution in [0.25, 0.3) is 0 Å². The van der Waals surface area contributed by atoms with Crippen molar-refractivity contribution in [3.05, 3.63) is 16.6 Å². The summed E-state index contributed by atoms with van der Waals surface area (Å²) in [6.07, 6.45) is 2.48. The smallest absolute Gasteiger partial charge is 0.0794 e. The van der Waals surface area contributed by atoms with E-state index in [1.165, 1.54) is 0 Å². The third kappa shape index (κ3) is 4.17. The average molecular weight is 214 g/mol. The van der Waals surface area contributed by atoms with Gasteiger partial charge in [0.05, 0.1) is 11.1 Å². The SMILES string of the molecule is CC(C)NCC(C)(O)Cc1cncs1. The Bertz CT molecular complexity index is 257. The normalized spacial score (nSPS) is 15.8. The highest BCUT2D eigenvalue weighted by atomic mass is 32.1. The molecule has 0 radical (unpaired) electrons. The van der Waals surface area contributed by atoms with Crippen LogP contribution < -0.4 is 5.32 Å². The molecule has 1 atom stereocenters. The molecule has 1 aromatic rings. The van der Waals surface area contributed by atoms with Gasteiger partial charge in [-0.05, 0) is 6.92 Å². The monoisotopic (exact) mass is 214 g/mol. The van der Waals surface area contributed by atoms with Crippen molar-refractivity contribution in [3.8, 4) is 0 Å². The number of aromatic nitrogens is 1. The summed E-state index contributed by atoms with van der Waals surface area (Å²) in [4.78, 5) is 5.11. The third-order valence-corrected chi connectivity index (χ3v) is 2.71. The van der Waals surface area contributed by atoms with Gasteiger partial charge < -0.3 is 10.4 Å². The van der Waals surface area contributed by atoms with E-state index in [0.29, 0.717) is 19.0 Å². The summed E-state index contributed by atoms with van der Waals surface area (Å²) >= 11 is 1.59. The van der Waals surface area contributed by atoms with Crippen LogP contribution in [0.3, 0.4) is 0 Å². The molecule has 1 unspecified atom stereocenters. The van der Waals surface area contributed by atoms with E-state index in [1.807, 2.05) is 13.1 Å². The van der Waals surface area contributed by atoms with Crippen molar-refractivity contribution in [2.75, 3.05) is 6.54 Å². The highest BCUT2D eigenvalue weighted by molar-refractivity contribution is 7.09. The molecule has 0 aliphatic rings. The van der Waals surface area contributed by atoms with Crippen molar-refractivity contribution < 1.29 is 5.11 Å². The summed E-state index contributed by atoms with van der Waals surface area (Å²) in [6.45, 7) is 6.61. The van der Waals surface area contributed by atoms with Crippen LogP contribution in [0.2, 0.25) is 0 Å². The van der Waals surface area contributed by atoms with Gasteiger partial charge in [-0.3, -0.25) is 4.98 Å². The lowest BCUT2D eigenvalue weighted by atomic mass is 10.0. The number of aliphatic hydroxyl groups is 1. The fourth-order valence-electron chi connectivity index (χ4n) is 1.19. The molecule has 4 heteroatoms. The molecule has 14 heavy (non-hydrogen) atoms. The van der Waals surface area contributed by atoms with Gasteiger partial charge in [-0.25, -0.2) is 0 Å². The van der Waals surface area contributed by atoms with Gasteiger partial charge >= 0.3 is 0 Å². The maximum atomic E-state index is 10.1. The van der Waals surface area contributed by atoms with Crippen LogP contribution in [-0.2, 0) is 6.42 Å².